The Morgan fingerprint density at radius 3 is 3.00 bits per heavy atom. The Bertz CT molecular complexity index is 626. The molecule has 0 amide bonds. The number of halogens is 1. The van der Waals surface area contributed by atoms with Gasteiger partial charge in [0.1, 0.15) is 5.75 Å². The molecule has 4 rings (SSSR count). The van der Waals surface area contributed by atoms with Crippen molar-refractivity contribution in [1.29, 1.82) is 0 Å². The zero-order valence-electron chi connectivity index (χ0n) is 11.0. The maximum Gasteiger partial charge on any atom is 0.122 e. The second-order valence-electron chi connectivity index (χ2n) is 5.23. The third-order valence-electron chi connectivity index (χ3n) is 3.90. The van der Waals surface area contributed by atoms with Crippen LogP contribution in [-0.4, -0.2) is 12.4 Å². The molecule has 2 aliphatic heterocycles. The maximum atomic E-state index is 6.72. The van der Waals surface area contributed by atoms with Gasteiger partial charge in [0.05, 0.1) is 12.0 Å². The van der Waals surface area contributed by atoms with Gasteiger partial charge >= 0.3 is 0 Å². The van der Waals surface area contributed by atoms with Gasteiger partial charge in [0.2, 0.25) is 0 Å². The summed E-state index contributed by atoms with van der Waals surface area (Å²) in [6.07, 6.45) is 2.21. The fourth-order valence-electron chi connectivity index (χ4n) is 2.82. The molecule has 0 fully saturated rings. The van der Waals surface area contributed by atoms with E-state index in [0.717, 1.165) is 24.5 Å². The van der Waals surface area contributed by atoms with Crippen LogP contribution in [0.15, 0.2) is 24.3 Å². The standard InChI is InChI=1S/C16H15ClOS2/c17-16(11-1-2-13-10(7-11)3-5-18-13)15-8-12-9-19-6-4-14(12)20-15/h1-2,7-8,16H,3-6,9H2. The number of thiophene rings is 1. The molecule has 1 nitrogen and oxygen atoms in total. The summed E-state index contributed by atoms with van der Waals surface area (Å²) in [6, 6.07) is 8.70. The molecule has 0 radical (unpaired) electrons. The topological polar surface area (TPSA) is 9.23 Å². The van der Waals surface area contributed by atoms with E-state index >= 15 is 0 Å². The van der Waals surface area contributed by atoms with E-state index in [-0.39, 0.29) is 5.38 Å². The minimum absolute atomic E-state index is 0.0264. The average Bonchev–Trinajstić information content (AvgIpc) is 3.11. The molecular weight excluding hydrogens is 308 g/mol. The summed E-state index contributed by atoms with van der Waals surface area (Å²) in [5.74, 6) is 3.42. The van der Waals surface area contributed by atoms with Crippen LogP contribution in [-0.2, 0) is 18.6 Å². The van der Waals surface area contributed by atoms with Crippen molar-refractivity contribution in [3.8, 4) is 5.75 Å². The highest BCUT2D eigenvalue weighted by Gasteiger charge is 2.21. The molecule has 1 aromatic carbocycles. The van der Waals surface area contributed by atoms with Crippen molar-refractivity contribution in [2.75, 3.05) is 12.4 Å². The van der Waals surface area contributed by atoms with Gasteiger partial charge in [0.25, 0.3) is 0 Å². The van der Waals surface area contributed by atoms with Crippen molar-refractivity contribution in [3.05, 3.63) is 50.7 Å². The molecule has 0 aliphatic carbocycles. The van der Waals surface area contributed by atoms with E-state index in [1.54, 1.807) is 0 Å². The van der Waals surface area contributed by atoms with Gasteiger partial charge in [-0.05, 0) is 41.0 Å². The Morgan fingerprint density at radius 2 is 2.10 bits per heavy atom. The molecule has 1 atom stereocenters. The number of thioether (sulfide) groups is 1. The normalized spacial score (nSPS) is 18.2. The van der Waals surface area contributed by atoms with Crippen LogP contribution in [0.2, 0.25) is 0 Å². The Balaban J connectivity index is 1.66. The third kappa shape index (κ3) is 2.26. The molecule has 0 saturated heterocycles. The number of hydrogen-bond donors (Lipinski definition) is 0. The van der Waals surface area contributed by atoms with Crippen LogP contribution < -0.4 is 4.74 Å². The Morgan fingerprint density at radius 1 is 1.15 bits per heavy atom. The summed E-state index contributed by atoms with van der Waals surface area (Å²) >= 11 is 10.6. The largest absolute Gasteiger partial charge is 0.493 e. The lowest BCUT2D eigenvalue weighted by atomic mass is 10.0. The molecule has 1 aromatic heterocycles. The highest BCUT2D eigenvalue weighted by atomic mass is 35.5. The van der Waals surface area contributed by atoms with Gasteiger partial charge in [-0.2, -0.15) is 11.8 Å². The van der Waals surface area contributed by atoms with Crippen LogP contribution in [0.4, 0.5) is 0 Å². The SMILES string of the molecule is ClC(c1ccc2c(c1)CCO2)c1cc2c(s1)CCSC2. The van der Waals surface area contributed by atoms with Crippen molar-refractivity contribution < 1.29 is 4.74 Å². The summed E-state index contributed by atoms with van der Waals surface area (Å²) < 4.78 is 5.56. The van der Waals surface area contributed by atoms with Gasteiger partial charge in [-0.3, -0.25) is 0 Å². The second kappa shape index (κ2) is 5.28. The van der Waals surface area contributed by atoms with Gasteiger partial charge < -0.3 is 4.74 Å². The monoisotopic (exact) mass is 322 g/mol. The Hall–Kier alpha value is -0.640. The van der Waals surface area contributed by atoms with E-state index < -0.39 is 0 Å². The minimum atomic E-state index is -0.0264. The van der Waals surface area contributed by atoms with Crippen molar-refractivity contribution in [2.24, 2.45) is 0 Å². The first-order valence-electron chi connectivity index (χ1n) is 6.90. The van der Waals surface area contributed by atoms with Crippen molar-refractivity contribution >= 4 is 34.7 Å². The zero-order valence-corrected chi connectivity index (χ0v) is 13.4. The van der Waals surface area contributed by atoms with E-state index in [1.165, 1.54) is 38.6 Å². The van der Waals surface area contributed by atoms with E-state index in [0.29, 0.717) is 0 Å². The quantitative estimate of drug-likeness (QED) is 0.734. The lowest BCUT2D eigenvalue weighted by Gasteiger charge is -2.09. The molecule has 0 saturated carbocycles. The Labute approximate surface area is 132 Å². The highest BCUT2D eigenvalue weighted by molar-refractivity contribution is 7.98. The van der Waals surface area contributed by atoms with E-state index in [9.17, 15) is 0 Å². The lowest BCUT2D eigenvalue weighted by molar-refractivity contribution is 0.357. The van der Waals surface area contributed by atoms with E-state index in [1.807, 2.05) is 23.1 Å². The fraction of sp³-hybridized carbons (Fsp3) is 0.375. The van der Waals surface area contributed by atoms with Gasteiger partial charge in [-0.25, -0.2) is 0 Å². The highest BCUT2D eigenvalue weighted by Crippen LogP contribution is 2.40. The molecular formula is C16H15ClOS2. The smallest absolute Gasteiger partial charge is 0.122 e. The third-order valence-corrected chi connectivity index (χ3v) is 6.83. The lowest BCUT2D eigenvalue weighted by Crippen LogP contribution is -1.96. The van der Waals surface area contributed by atoms with Gasteiger partial charge in [-0.1, -0.05) is 12.1 Å². The predicted octanol–water partition coefficient (Wildman–Crippen LogP) is 4.80. The van der Waals surface area contributed by atoms with Gasteiger partial charge in [0.15, 0.2) is 0 Å². The summed E-state index contributed by atoms with van der Waals surface area (Å²) in [7, 11) is 0. The fourth-order valence-corrected chi connectivity index (χ4v) is 5.54. The summed E-state index contributed by atoms with van der Waals surface area (Å²) in [5, 5.41) is -0.0264. The molecule has 4 heteroatoms. The number of rotatable bonds is 2. The first-order valence-corrected chi connectivity index (χ1v) is 9.31. The first-order chi connectivity index (χ1) is 9.81. The van der Waals surface area contributed by atoms with Crippen LogP contribution in [0.5, 0.6) is 5.75 Å². The molecule has 20 heavy (non-hydrogen) atoms. The summed E-state index contributed by atoms with van der Waals surface area (Å²) in [6.45, 7) is 0.802. The van der Waals surface area contributed by atoms with Crippen molar-refractivity contribution in [1.82, 2.24) is 0 Å². The molecule has 0 N–H and O–H groups in total. The summed E-state index contributed by atoms with van der Waals surface area (Å²) in [5.41, 5.74) is 3.99. The molecule has 1 unspecified atom stereocenters. The van der Waals surface area contributed by atoms with Crippen molar-refractivity contribution in [3.63, 3.8) is 0 Å². The number of ether oxygens (including phenoxy) is 1. The van der Waals surface area contributed by atoms with Crippen molar-refractivity contribution in [2.45, 2.75) is 24.0 Å². The van der Waals surface area contributed by atoms with Crippen LogP contribution in [0.1, 0.15) is 31.8 Å². The molecule has 104 valence electrons. The van der Waals surface area contributed by atoms with Gasteiger partial charge in [0, 0.05) is 21.9 Å². The molecule has 3 heterocycles. The average molecular weight is 323 g/mol. The summed E-state index contributed by atoms with van der Waals surface area (Å²) in [4.78, 5) is 2.83. The van der Waals surface area contributed by atoms with Gasteiger partial charge in [-0.15, -0.1) is 22.9 Å². The second-order valence-corrected chi connectivity index (χ2v) is 7.94. The number of hydrogen-bond acceptors (Lipinski definition) is 3. The number of fused-ring (bicyclic) bond motifs is 2. The Kier molecular flexibility index (Phi) is 3.45. The number of alkyl halides is 1. The van der Waals surface area contributed by atoms with Crippen LogP contribution >= 0.6 is 34.7 Å². The minimum Gasteiger partial charge on any atom is -0.493 e. The molecule has 2 aliphatic rings. The molecule has 2 aromatic rings. The maximum absolute atomic E-state index is 6.72. The molecule has 0 spiro atoms. The number of benzene rings is 1. The first kappa shape index (κ1) is 13.1. The van der Waals surface area contributed by atoms with E-state index in [2.05, 4.69) is 24.3 Å². The molecule has 0 bridgehead atoms. The van der Waals surface area contributed by atoms with E-state index in [4.69, 9.17) is 16.3 Å². The number of aryl methyl sites for hydroxylation is 1. The van der Waals surface area contributed by atoms with Crippen LogP contribution in [0, 0.1) is 0 Å². The van der Waals surface area contributed by atoms with Crippen LogP contribution in [0.25, 0.3) is 0 Å². The zero-order chi connectivity index (χ0) is 13.5. The van der Waals surface area contributed by atoms with Crippen LogP contribution in [0.3, 0.4) is 0 Å². The predicted molar refractivity (Wildman–Crippen MR) is 87.5 cm³/mol.